The van der Waals surface area contributed by atoms with Crippen molar-refractivity contribution in [1.29, 1.82) is 0 Å². The molecule has 58 valence electrons. The lowest BCUT2D eigenvalue weighted by molar-refractivity contribution is -0.164. The van der Waals surface area contributed by atoms with Crippen molar-refractivity contribution < 1.29 is 15.0 Å². The molecule has 1 heterocycles. The minimum Gasteiger partial charge on any atom is -0.478 e. The van der Waals surface area contributed by atoms with Crippen molar-refractivity contribution in [2.75, 3.05) is 6.54 Å². The van der Waals surface area contributed by atoms with Crippen molar-refractivity contribution >= 4 is 5.97 Å². The molecule has 4 heteroatoms. The van der Waals surface area contributed by atoms with Gasteiger partial charge >= 0.3 is 5.97 Å². The molecule has 1 aliphatic rings. The summed E-state index contributed by atoms with van der Waals surface area (Å²) in [7, 11) is 0. The third-order valence-corrected chi connectivity index (χ3v) is 2.01. The van der Waals surface area contributed by atoms with Gasteiger partial charge in [-0.15, -0.1) is 0 Å². The summed E-state index contributed by atoms with van der Waals surface area (Å²) in [5, 5.41) is 20.4. The molecule has 2 unspecified atom stereocenters. The Labute approximate surface area is 58.9 Å². The van der Waals surface area contributed by atoms with Gasteiger partial charge in [-0.3, -0.25) is 5.32 Å². The third kappa shape index (κ3) is 0.892. The fraction of sp³-hybridized carbons (Fsp3) is 0.833. The standard InChI is InChI=1S/C6H11NO3/c1-4-2-3-7-6(4,10)5(8)9/h4,7,10H,2-3H2,1H3,(H,8,9). The van der Waals surface area contributed by atoms with E-state index >= 15 is 0 Å². The minimum atomic E-state index is -1.68. The van der Waals surface area contributed by atoms with Crippen LogP contribution in [-0.2, 0) is 4.79 Å². The summed E-state index contributed by atoms with van der Waals surface area (Å²) in [5.74, 6) is -1.39. The summed E-state index contributed by atoms with van der Waals surface area (Å²) in [6.45, 7) is 2.29. The Balaban J connectivity index is 2.75. The first-order chi connectivity index (χ1) is 4.57. The quantitative estimate of drug-likeness (QED) is 0.460. The van der Waals surface area contributed by atoms with Gasteiger partial charge in [0.1, 0.15) is 0 Å². The smallest absolute Gasteiger partial charge is 0.351 e. The monoisotopic (exact) mass is 145 g/mol. The molecule has 0 saturated carbocycles. The predicted molar refractivity (Wildman–Crippen MR) is 34.4 cm³/mol. The average molecular weight is 145 g/mol. The van der Waals surface area contributed by atoms with Gasteiger partial charge in [-0.2, -0.15) is 0 Å². The Kier molecular flexibility index (Phi) is 1.66. The van der Waals surface area contributed by atoms with E-state index in [1.165, 1.54) is 0 Å². The molecule has 0 bridgehead atoms. The molecule has 3 N–H and O–H groups in total. The number of hydrogen-bond donors (Lipinski definition) is 3. The first kappa shape index (κ1) is 7.50. The zero-order valence-electron chi connectivity index (χ0n) is 5.79. The molecule has 0 aromatic heterocycles. The molecule has 0 spiro atoms. The van der Waals surface area contributed by atoms with Crippen molar-refractivity contribution in [3.05, 3.63) is 0 Å². The molecular formula is C6H11NO3. The molecule has 0 amide bonds. The predicted octanol–water partition coefficient (Wildman–Crippen LogP) is -0.611. The van der Waals surface area contributed by atoms with Crippen LogP contribution < -0.4 is 5.32 Å². The first-order valence-corrected chi connectivity index (χ1v) is 3.28. The molecule has 10 heavy (non-hydrogen) atoms. The number of carbonyl (C=O) groups is 1. The normalized spacial score (nSPS) is 40.0. The zero-order chi connectivity index (χ0) is 7.78. The number of rotatable bonds is 1. The lowest BCUT2D eigenvalue weighted by atomic mass is 10.00. The summed E-state index contributed by atoms with van der Waals surface area (Å²) in [4.78, 5) is 10.4. The van der Waals surface area contributed by atoms with Crippen molar-refractivity contribution in [3.8, 4) is 0 Å². The largest absolute Gasteiger partial charge is 0.478 e. The summed E-state index contributed by atoms with van der Waals surface area (Å²) in [6.07, 6.45) is 0.711. The first-order valence-electron chi connectivity index (χ1n) is 3.28. The van der Waals surface area contributed by atoms with Gasteiger partial charge in [0.25, 0.3) is 0 Å². The maximum atomic E-state index is 10.4. The van der Waals surface area contributed by atoms with Crippen LogP contribution in [0.25, 0.3) is 0 Å². The van der Waals surface area contributed by atoms with Crippen LogP contribution in [0.1, 0.15) is 13.3 Å². The molecule has 1 aliphatic heterocycles. The summed E-state index contributed by atoms with van der Waals surface area (Å²) in [6, 6.07) is 0. The van der Waals surface area contributed by atoms with E-state index in [9.17, 15) is 9.90 Å². The number of aliphatic carboxylic acids is 1. The molecule has 2 atom stereocenters. The third-order valence-electron chi connectivity index (χ3n) is 2.01. The summed E-state index contributed by atoms with van der Waals surface area (Å²) >= 11 is 0. The van der Waals surface area contributed by atoms with Gasteiger partial charge in [-0.05, 0) is 13.0 Å². The van der Waals surface area contributed by atoms with Crippen LogP contribution in [0.4, 0.5) is 0 Å². The highest BCUT2D eigenvalue weighted by atomic mass is 16.4. The summed E-state index contributed by atoms with van der Waals surface area (Å²) in [5.41, 5.74) is -1.68. The maximum absolute atomic E-state index is 10.4. The maximum Gasteiger partial charge on any atom is 0.351 e. The molecule has 0 aliphatic carbocycles. The highest BCUT2D eigenvalue weighted by molar-refractivity contribution is 5.77. The van der Waals surface area contributed by atoms with E-state index in [1.807, 2.05) is 0 Å². The van der Waals surface area contributed by atoms with Crippen molar-refractivity contribution in [2.45, 2.75) is 19.1 Å². The Morgan fingerprint density at radius 2 is 2.40 bits per heavy atom. The van der Waals surface area contributed by atoms with E-state index < -0.39 is 11.7 Å². The van der Waals surface area contributed by atoms with Gasteiger partial charge in [0.2, 0.25) is 5.72 Å². The second kappa shape index (κ2) is 2.21. The van der Waals surface area contributed by atoms with Gasteiger partial charge in [-0.1, -0.05) is 6.92 Å². The number of nitrogens with one attached hydrogen (secondary N) is 1. The number of hydrogen-bond acceptors (Lipinski definition) is 3. The van der Waals surface area contributed by atoms with Gasteiger partial charge in [0, 0.05) is 5.92 Å². The highest BCUT2D eigenvalue weighted by Crippen LogP contribution is 2.23. The molecule has 0 aromatic carbocycles. The SMILES string of the molecule is CC1CCNC1(O)C(=O)O. The minimum absolute atomic E-state index is 0.204. The highest BCUT2D eigenvalue weighted by Gasteiger charge is 2.44. The van der Waals surface area contributed by atoms with E-state index in [0.29, 0.717) is 13.0 Å². The number of carboxylic acids is 1. The fourth-order valence-electron chi connectivity index (χ4n) is 1.15. The second-order valence-electron chi connectivity index (χ2n) is 2.69. The van der Waals surface area contributed by atoms with Crippen molar-refractivity contribution in [1.82, 2.24) is 5.32 Å². The lowest BCUT2D eigenvalue weighted by Crippen LogP contribution is -2.51. The van der Waals surface area contributed by atoms with Crippen LogP contribution >= 0.6 is 0 Å². The molecule has 4 nitrogen and oxygen atoms in total. The van der Waals surface area contributed by atoms with E-state index in [1.54, 1.807) is 6.92 Å². The molecule has 1 fully saturated rings. The van der Waals surface area contributed by atoms with Crippen LogP contribution in [0.2, 0.25) is 0 Å². The van der Waals surface area contributed by atoms with Crippen LogP contribution in [0, 0.1) is 5.92 Å². The van der Waals surface area contributed by atoms with Gasteiger partial charge < -0.3 is 10.2 Å². The Bertz CT molecular complexity index is 159. The molecule has 1 rings (SSSR count). The second-order valence-corrected chi connectivity index (χ2v) is 2.69. The van der Waals surface area contributed by atoms with Crippen LogP contribution in [0.5, 0.6) is 0 Å². The van der Waals surface area contributed by atoms with E-state index in [0.717, 1.165) is 0 Å². The van der Waals surface area contributed by atoms with Crippen LogP contribution in [-0.4, -0.2) is 28.5 Å². The van der Waals surface area contributed by atoms with Gasteiger partial charge in [0.15, 0.2) is 0 Å². The van der Waals surface area contributed by atoms with Crippen molar-refractivity contribution in [2.24, 2.45) is 5.92 Å². The summed E-state index contributed by atoms with van der Waals surface area (Å²) < 4.78 is 0. The van der Waals surface area contributed by atoms with Gasteiger partial charge in [0.05, 0.1) is 0 Å². The van der Waals surface area contributed by atoms with Crippen LogP contribution in [0.3, 0.4) is 0 Å². The van der Waals surface area contributed by atoms with E-state index in [4.69, 9.17) is 5.11 Å². The van der Waals surface area contributed by atoms with Crippen LogP contribution in [0.15, 0.2) is 0 Å². The molecular weight excluding hydrogens is 134 g/mol. The van der Waals surface area contributed by atoms with Crippen molar-refractivity contribution in [3.63, 3.8) is 0 Å². The topological polar surface area (TPSA) is 69.6 Å². The Morgan fingerprint density at radius 1 is 1.80 bits per heavy atom. The number of carboxylic acid groups (broad SMARTS) is 1. The molecule has 0 radical (unpaired) electrons. The fourth-order valence-corrected chi connectivity index (χ4v) is 1.15. The molecule has 0 aromatic rings. The van der Waals surface area contributed by atoms with E-state index in [2.05, 4.69) is 5.32 Å². The Morgan fingerprint density at radius 3 is 2.60 bits per heavy atom. The zero-order valence-corrected chi connectivity index (χ0v) is 5.79. The lowest BCUT2D eigenvalue weighted by Gasteiger charge is -2.21. The number of aliphatic hydroxyl groups is 1. The Hall–Kier alpha value is -0.610. The average Bonchev–Trinajstić information content (AvgIpc) is 2.15. The molecule has 1 saturated heterocycles. The van der Waals surface area contributed by atoms with E-state index in [-0.39, 0.29) is 5.92 Å². The van der Waals surface area contributed by atoms with Gasteiger partial charge in [-0.25, -0.2) is 4.79 Å².